The van der Waals surface area contributed by atoms with Crippen LogP contribution in [0.3, 0.4) is 0 Å². The number of amides is 2. The summed E-state index contributed by atoms with van der Waals surface area (Å²) in [6.45, 7) is 35.3. The van der Waals surface area contributed by atoms with Gasteiger partial charge >= 0.3 is 12.3 Å². The van der Waals surface area contributed by atoms with Crippen molar-refractivity contribution in [3.63, 3.8) is 0 Å². The first kappa shape index (κ1) is 137. The zero-order chi connectivity index (χ0) is 103. The zero-order valence-corrected chi connectivity index (χ0v) is 80.9. The number of hydrogen-bond acceptors (Lipinski definition) is 27. The topological polar surface area (TPSA) is 703 Å². The molecule has 3 atom stereocenters. The third kappa shape index (κ3) is 69.5. The standard InChI is InChI=1S/C33H48N10O5.C10H18O5.C9H12N2O.C9H9N.2C8H11N3O.C8H8N2.2C3H6O.2C2H6.3CH4.ClH2N/c1-19(2)28(42-31(47)24(15-20(3)44)5-4-14-39-32(35)36)27(45)17-25(16-21-8-12-26(13-9-21)41-33(37)38)30(46)40-18-22-6-10-23(11-7-22)29(34)43-48;1-9(2,3)14-7(11)13-8(12)15-10(4,5)6;1-2-7-3-5-8(6-4-7)9(10)11-12;1-2-8-3-5-9(7-10)6-4-8;2*9-5-6-1-3-7(4-2-6)8(10)11-12;9-5-7-1-2-8(6-10)4-3-7;2*1-3(2)4;2*1-2;;;;1-2/h6-13,19,24-25,28,48H,4-5,14-18H2,1-3H3,(H2,34,43)(H,40,46)(H,42,47)(H4,35,36,39)(H4,37,38,41);1-6H3;3-6,12H,2H2,1H3,(H2,10,11);3-6H,2H2,1H3;2*1-4,12H,5,9H2,(H2,10,11);1-4H,5,9H2;2*1-2H3;2*1-2H3;3*1H4;2H2/t24-,25-,28+;;;;;;;;;;;;;;/m1............../s1. The van der Waals surface area contributed by atoms with Crippen molar-refractivity contribution < 1.29 is 73.4 Å². The molecule has 754 valence electrons. The molecule has 37 nitrogen and oxygen atoms in total. The van der Waals surface area contributed by atoms with E-state index in [1.165, 1.54) is 45.7 Å². The van der Waals surface area contributed by atoms with Crippen molar-refractivity contribution in [3.8, 4) is 12.1 Å². The molecule has 0 unspecified atom stereocenters. The van der Waals surface area contributed by atoms with E-state index in [0.717, 1.165) is 51.8 Å². The SMILES string of the molecule is C.C.C.CC.CC.CC(=O)C[C@@H](CCCN=C(N)N)C(=O)N[C@H](C(=O)C[C@@H](Cc1ccc(N=C(N)N)cc1)C(=O)NCc1ccc(/C(N)=N/O)cc1)C(C)C.CC(C)(C)OC(=O)OC(=O)OC(C)(C)C.CC(C)=O.CC(C)=O.CCc1ccc(/C(N)=N/O)cc1.CCc1ccc(C#N)cc1.N#Cc1ccc(CN)cc1.NCc1ccc(/C(N)=N/O)cc1.NCc1ccc(/C(N)=N/O)cc1.NCl. The molecule has 0 aliphatic heterocycles. The quantitative estimate of drug-likeness (QED) is 0.00332. The molecule has 0 fully saturated rings. The number of carbonyl (C=O) groups excluding carboxylic acids is 8. The maximum atomic E-state index is 13.8. The van der Waals surface area contributed by atoms with Gasteiger partial charge in [0.2, 0.25) is 11.8 Å². The number of benzene rings is 7. The summed E-state index contributed by atoms with van der Waals surface area (Å²) in [5.74, 6) is -2.50. The number of carbonyl (C=O) groups is 8. The van der Waals surface area contributed by atoms with Crippen LogP contribution >= 0.6 is 11.8 Å². The summed E-state index contributed by atoms with van der Waals surface area (Å²) < 4.78 is 13.8. The number of nitrogens with one attached hydrogen (secondary N) is 2. The van der Waals surface area contributed by atoms with E-state index in [4.69, 9.17) is 104 Å². The van der Waals surface area contributed by atoms with Crippen LogP contribution in [0.2, 0.25) is 0 Å². The molecule has 38 heteroatoms. The number of hydrogen-bond donors (Lipinski definition) is 18. The predicted octanol–water partition coefficient (Wildman–Crippen LogP) is 14.0. The van der Waals surface area contributed by atoms with Gasteiger partial charge in [0.15, 0.2) is 41.0 Å². The van der Waals surface area contributed by atoms with Crippen LogP contribution in [0, 0.1) is 40.4 Å². The molecule has 0 saturated carbocycles. The first-order valence-corrected chi connectivity index (χ1v) is 42.7. The van der Waals surface area contributed by atoms with Gasteiger partial charge in [-0.1, -0.05) is 232 Å². The lowest BCUT2D eigenvalue weighted by Gasteiger charge is -2.26. The Labute approximate surface area is 810 Å². The number of amidine groups is 4. The van der Waals surface area contributed by atoms with Gasteiger partial charge in [-0.05, 0) is 201 Å². The van der Waals surface area contributed by atoms with Crippen LogP contribution in [0.25, 0.3) is 0 Å². The molecular formula is C98H155ClN22O15. The Bertz CT molecular complexity index is 4520. The lowest BCUT2D eigenvalue weighted by molar-refractivity contribution is -0.134. The normalized spacial score (nSPS) is 10.8. The fourth-order valence-electron chi connectivity index (χ4n) is 9.91. The van der Waals surface area contributed by atoms with E-state index in [1.54, 1.807) is 140 Å². The Morgan fingerprint density at radius 1 is 0.441 bits per heavy atom. The van der Waals surface area contributed by atoms with Crippen LogP contribution in [-0.2, 0) is 88.4 Å². The number of rotatable bonds is 27. The summed E-state index contributed by atoms with van der Waals surface area (Å²) >= 11 is 4.14. The van der Waals surface area contributed by atoms with Crippen molar-refractivity contribution in [2.24, 2.45) is 117 Å². The van der Waals surface area contributed by atoms with E-state index in [2.05, 4.69) is 82.9 Å². The summed E-state index contributed by atoms with van der Waals surface area (Å²) in [4.78, 5) is 102. The molecule has 0 radical (unpaired) electrons. The van der Waals surface area contributed by atoms with Crippen LogP contribution in [0.1, 0.15) is 252 Å². The number of halogens is 1. The molecule has 7 aromatic carbocycles. The van der Waals surface area contributed by atoms with Crippen molar-refractivity contribution in [2.45, 2.75) is 242 Å². The second kappa shape index (κ2) is 80.3. The van der Waals surface area contributed by atoms with Gasteiger partial charge in [-0.3, -0.25) is 19.4 Å². The second-order valence-corrected chi connectivity index (χ2v) is 30.3. The van der Waals surface area contributed by atoms with E-state index >= 15 is 0 Å². The highest BCUT2D eigenvalue weighted by atomic mass is 35.5. The number of oxime groups is 4. The molecule has 2 amide bonds. The Morgan fingerprint density at radius 2 is 0.743 bits per heavy atom. The number of aryl methyl sites for hydroxylation is 2. The van der Waals surface area contributed by atoms with Crippen molar-refractivity contribution in [1.82, 2.24) is 10.6 Å². The molecule has 0 aliphatic carbocycles. The first-order valence-electron chi connectivity index (χ1n) is 42.2. The average molecular weight is 1920 g/mol. The second-order valence-electron chi connectivity index (χ2n) is 30.3. The number of Topliss-reactive ketones (excluding diaryl/α,β-unsaturated/α-hetero) is 4. The van der Waals surface area contributed by atoms with Crippen LogP contribution < -0.4 is 79.0 Å². The van der Waals surface area contributed by atoms with Gasteiger partial charge in [0.25, 0.3) is 0 Å². The highest BCUT2D eigenvalue weighted by Gasteiger charge is 2.32. The largest absolute Gasteiger partial charge is 0.519 e. The lowest BCUT2D eigenvalue weighted by atomic mass is 9.87. The van der Waals surface area contributed by atoms with Crippen molar-refractivity contribution in [1.29, 1.82) is 10.5 Å². The van der Waals surface area contributed by atoms with E-state index < -0.39 is 47.3 Å². The summed E-state index contributed by atoms with van der Waals surface area (Å²) in [7, 11) is 0. The molecule has 7 aromatic rings. The van der Waals surface area contributed by atoms with Gasteiger partial charge < -0.3 is 123 Å². The van der Waals surface area contributed by atoms with Crippen molar-refractivity contribution >= 4 is 100.0 Å². The summed E-state index contributed by atoms with van der Waals surface area (Å²) in [5.41, 5.74) is 69.9. The molecular weight excluding hydrogens is 1760 g/mol. The zero-order valence-electron chi connectivity index (χ0n) is 80.1. The minimum atomic E-state index is -1.06. The van der Waals surface area contributed by atoms with Crippen LogP contribution in [0.5, 0.6) is 0 Å². The predicted molar refractivity (Wildman–Crippen MR) is 546 cm³/mol. The van der Waals surface area contributed by atoms with E-state index in [9.17, 15) is 38.4 Å². The number of nitriles is 2. The Balaban J connectivity index is -0.000000254. The molecule has 0 aromatic heterocycles. The highest BCUT2D eigenvalue weighted by molar-refractivity contribution is 6.11. The maximum Gasteiger partial charge on any atom is 0.519 e. The molecule has 0 bridgehead atoms. The van der Waals surface area contributed by atoms with Gasteiger partial charge in [0, 0.05) is 79.7 Å². The summed E-state index contributed by atoms with van der Waals surface area (Å²) in [5, 5.41) is 72.2. The first-order chi connectivity index (χ1) is 62.7. The molecule has 0 heterocycles. The minimum Gasteiger partial charge on any atom is -0.428 e. The van der Waals surface area contributed by atoms with Crippen LogP contribution in [0.15, 0.2) is 200 Å². The van der Waals surface area contributed by atoms with Gasteiger partial charge in [-0.2, -0.15) is 10.5 Å². The van der Waals surface area contributed by atoms with Crippen LogP contribution in [0.4, 0.5) is 15.3 Å². The van der Waals surface area contributed by atoms with E-state index in [-0.39, 0.29) is 118 Å². The summed E-state index contributed by atoms with van der Waals surface area (Å²) in [6, 6.07) is 53.9. The smallest absolute Gasteiger partial charge is 0.428 e. The van der Waals surface area contributed by atoms with Crippen molar-refractivity contribution in [3.05, 3.63) is 242 Å². The number of ether oxygens (including phenoxy) is 3. The molecule has 0 aliphatic rings. The number of ketones is 4. The Morgan fingerprint density at radius 3 is 1.01 bits per heavy atom. The van der Waals surface area contributed by atoms with Crippen LogP contribution in [-0.4, -0.2) is 127 Å². The number of aliphatic imine (C=N–C) groups is 2. The fourth-order valence-corrected chi connectivity index (χ4v) is 9.91. The highest BCUT2D eigenvalue weighted by Crippen LogP contribution is 2.23. The third-order valence-corrected chi connectivity index (χ3v) is 16.2. The average Bonchev–Trinajstić information content (AvgIpc) is 0.844. The number of nitrogens with two attached hydrogens (primary N) is 12. The molecule has 0 spiro atoms. The van der Waals surface area contributed by atoms with Crippen molar-refractivity contribution in [2.75, 3.05) is 6.54 Å². The maximum absolute atomic E-state index is 13.8. The monoisotopic (exact) mass is 1920 g/mol. The van der Waals surface area contributed by atoms with Gasteiger partial charge in [-0.15, -0.1) is 0 Å². The Hall–Kier alpha value is -14.4. The molecule has 136 heavy (non-hydrogen) atoms. The molecule has 0 saturated heterocycles. The number of nitrogens with zero attached hydrogens (tertiary/aromatic N) is 8. The lowest BCUT2D eigenvalue weighted by Crippen LogP contribution is -2.48. The van der Waals surface area contributed by atoms with Gasteiger partial charge in [0.1, 0.15) is 28.6 Å². The molecule has 30 N–H and O–H groups in total. The summed E-state index contributed by atoms with van der Waals surface area (Å²) in [6.07, 6.45) is 0.804. The van der Waals surface area contributed by atoms with Gasteiger partial charge in [-0.25, -0.2) is 19.8 Å². The minimum absolute atomic E-state index is 0. The van der Waals surface area contributed by atoms with Gasteiger partial charge in [0.05, 0.1) is 35.0 Å². The Kier molecular flexibility index (Phi) is 80.9. The van der Waals surface area contributed by atoms with E-state index in [0.29, 0.717) is 67.0 Å². The molecule has 7 rings (SSSR count). The fraction of sp³-hybridized carbons (Fsp3) is 0.408. The number of guanidine groups is 2. The third-order valence-electron chi connectivity index (χ3n) is 16.2. The van der Waals surface area contributed by atoms with E-state index in [1.807, 2.05) is 119 Å².